The van der Waals surface area contributed by atoms with E-state index in [0.717, 1.165) is 37.5 Å². The van der Waals surface area contributed by atoms with Crippen LogP contribution in [0.25, 0.3) is 0 Å². The molecule has 1 aliphatic rings. The fourth-order valence-corrected chi connectivity index (χ4v) is 3.24. The lowest BCUT2D eigenvalue weighted by atomic mass is 9.80. The molecule has 1 N–H and O–H groups in total. The Kier molecular flexibility index (Phi) is 7.38. The predicted molar refractivity (Wildman–Crippen MR) is 83.5 cm³/mol. The summed E-state index contributed by atoms with van der Waals surface area (Å²) in [6, 6.07) is 0.749. The zero-order valence-corrected chi connectivity index (χ0v) is 13.8. The predicted octanol–water partition coefficient (Wildman–Crippen LogP) is 4.24. The molecule has 1 fully saturated rings. The van der Waals surface area contributed by atoms with Crippen LogP contribution in [0.1, 0.15) is 66.2 Å². The minimum Gasteiger partial charge on any atom is -0.385 e. The summed E-state index contributed by atoms with van der Waals surface area (Å²) in [5, 5.41) is 3.82. The van der Waals surface area contributed by atoms with Gasteiger partial charge in [0.2, 0.25) is 0 Å². The van der Waals surface area contributed by atoms with Crippen LogP contribution in [-0.4, -0.2) is 26.3 Å². The molecule has 1 aliphatic carbocycles. The van der Waals surface area contributed by atoms with Gasteiger partial charge >= 0.3 is 0 Å². The largest absolute Gasteiger partial charge is 0.385 e. The second kappa shape index (κ2) is 8.26. The first-order valence-electron chi connectivity index (χ1n) is 8.15. The maximum Gasteiger partial charge on any atom is 0.0467 e. The van der Waals surface area contributed by atoms with E-state index in [1.807, 2.05) is 0 Å². The lowest BCUT2D eigenvalue weighted by molar-refractivity contribution is 0.144. The number of hydrogen-bond donors (Lipinski definition) is 1. The molecule has 1 rings (SSSR count). The van der Waals surface area contributed by atoms with Crippen molar-refractivity contribution in [3.8, 4) is 0 Å². The zero-order valence-electron chi connectivity index (χ0n) is 13.8. The third-order valence-electron chi connectivity index (χ3n) is 4.44. The van der Waals surface area contributed by atoms with Crippen LogP contribution in [0.3, 0.4) is 0 Å². The van der Waals surface area contributed by atoms with Crippen LogP contribution >= 0.6 is 0 Å². The topological polar surface area (TPSA) is 21.3 Å². The van der Waals surface area contributed by atoms with Crippen LogP contribution in [0.2, 0.25) is 0 Å². The van der Waals surface area contributed by atoms with Crippen molar-refractivity contribution in [1.82, 2.24) is 5.32 Å². The maximum atomic E-state index is 5.20. The second-order valence-corrected chi connectivity index (χ2v) is 7.65. The molecule has 2 atom stereocenters. The highest BCUT2D eigenvalue weighted by Gasteiger charge is 2.24. The summed E-state index contributed by atoms with van der Waals surface area (Å²) in [6.45, 7) is 11.4. The number of hydrogen-bond acceptors (Lipinski definition) is 2. The molecule has 0 aromatic rings. The minimum absolute atomic E-state index is 0.348. The van der Waals surface area contributed by atoms with Gasteiger partial charge in [0.15, 0.2) is 0 Å². The molecule has 0 saturated heterocycles. The number of ether oxygens (including phenoxy) is 1. The minimum atomic E-state index is 0.348. The number of methoxy groups -OCH3 is 1. The highest BCUT2D eigenvalue weighted by molar-refractivity contribution is 4.81. The molecule has 19 heavy (non-hydrogen) atoms. The molecule has 2 nitrogen and oxygen atoms in total. The van der Waals surface area contributed by atoms with E-state index < -0.39 is 0 Å². The molecule has 1 saturated carbocycles. The third kappa shape index (κ3) is 7.31. The van der Waals surface area contributed by atoms with Gasteiger partial charge in [-0.2, -0.15) is 0 Å². The molecule has 0 bridgehead atoms. The average molecular weight is 269 g/mol. The van der Waals surface area contributed by atoms with Gasteiger partial charge in [0, 0.05) is 26.3 Å². The first-order chi connectivity index (χ1) is 8.93. The van der Waals surface area contributed by atoms with Crippen molar-refractivity contribution in [2.24, 2.45) is 17.3 Å². The van der Waals surface area contributed by atoms with Crippen LogP contribution in [0.4, 0.5) is 0 Å². The van der Waals surface area contributed by atoms with Crippen LogP contribution < -0.4 is 5.32 Å². The smallest absolute Gasteiger partial charge is 0.0467 e. The van der Waals surface area contributed by atoms with E-state index in [0.29, 0.717) is 5.41 Å². The quantitative estimate of drug-likeness (QED) is 0.711. The van der Waals surface area contributed by atoms with E-state index in [2.05, 4.69) is 33.0 Å². The van der Waals surface area contributed by atoms with Crippen molar-refractivity contribution in [3.05, 3.63) is 0 Å². The Morgan fingerprint density at radius 1 is 1.26 bits per heavy atom. The van der Waals surface area contributed by atoms with E-state index in [1.165, 1.54) is 32.1 Å². The summed E-state index contributed by atoms with van der Waals surface area (Å²) < 4.78 is 5.20. The summed E-state index contributed by atoms with van der Waals surface area (Å²) in [5.41, 5.74) is 0.348. The Hall–Kier alpha value is -0.0800. The lowest BCUT2D eigenvalue weighted by Crippen LogP contribution is -2.40. The first kappa shape index (κ1) is 17.0. The molecular formula is C17H35NO. The van der Waals surface area contributed by atoms with Crippen molar-refractivity contribution in [2.75, 3.05) is 20.3 Å². The number of nitrogens with one attached hydrogen (secondary N) is 1. The highest BCUT2D eigenvalue weighted by Crippen LogP contribution is 2.30. The lowest BCUT2D eigenvalue weighted by Gasteiger charge is -2.34. The van der Waals surface area contributed by atoms with Crippen molar-refractivity contribution >= 4 is 0 Å². The third-order valence-corrected chi connectivity index (χ3v) is 4.44. The van der Waals surface area contributed by atoms with Crippen molar-refractivity contribution in [1.29, 1.82) is 0 Å². The summed E-state index contributed by atoms with van der Waals surface area (Å²) >= 11 is 0. The molecule has 0 aliphatic heterocycles. The molecule has 2 heteroatoms. The molecule has 114 valence electrons. The average Bonchev–Trinajstić information content (AvgIpc) is 2.34. The zero-order chi connectivity index (χ0) is 14.3. The summed E-state index contributed by atoms with van der Waals surface area (Å²) in [4.78, 5) is 0. The molecule has 0 spiro atoms. The fourth-order valence-electron chi connectivity index (χ4n) is 3.24. The van der Waals surface area contributed by atoms with Crippen LogP contribution in [0, 0.1) is 17.3 Å². The molecule has 0 heterocycles. The Bertz CT molecular complexity index is 237. The summed E-state index contributed by atoms with van der Waals surface area (Å²) in [6.07, 6.45) is 8.16. The van der Waals surface area contributed by atoms with Gasteiger partial charge < -0.3 is 10.1 Å². The van der Waals surface area contributed by atoms with Gasteiger partial charge in [-0.05, 0) is 42.9 Å². The van der Waals surface area contributed by atoms with Crippen LogP contribution in [-0.2, 0) is 4.74 Å². The van der Waals surface area contributed by atoms with Gasteiger partial charge in [-0.25, -0.2) is 0 Å². The molecule has 0 amide bonds. The molecule has 0 aromatic heterocycles. The SMILES string of the molecule is COCCC(C)(C)CNC1CCCC(CC(C)C)C1. The Balaban J connectivity index is 2.28. The standard InChI is InChI=1S/C17H35NO/c1-14(2)11-15-7-6-8-16(12-15)18-13-17(3,4)9-10-19-5/h14-16,18H,6-13H2,1-5H3. The van der Waals surface area contributed by atoms with Crippen LogP contribution in [0.5, 0.6) is 0 Å². The van der Waals surface area contributed by atoms with E-state index >= 15 is 0 Å². The summed E-state index contributed by atoms with van der Waals surface area (Å²) in [7, 11) is 1.79. The Labute approximate surface area is 120 Å². The summed E-state index contributed by atoms with van der Waals surface area (Å²) in [5.74, 6) is 1.80. The van der Waals surface area contributed by atoms with Gasteiger partial charge in [0.1, 0.15) is 0 Å². The van der Waals surface area contributed by atoms with Gasteiger partial charge in [-0.15, -0.1) is 0 Å². The van der Waals surface area contributed by atoms with E-state index in [-0.39, 0.29) is 0 Å². The van der Waals surface area contributed by atoms with Gasteiger partial charge in [-0.1, -0.05) is 40.5 Å². The fraction of sp³-hybridized carbons (Fsp3) is 1.00. The molecule has 2 unspecified atom stereocenters. The Morgan fingerprint density at radius 2 is 2.00 bits per heavy atom. The molecule has 0 aromatic carbocycles. The van der Waals surface area contributed by atoms with Gasteiger partial charge in [0.25, 0.3) is 0 Å². The first-order valence-corrected chi connectivity index (χ1v) is 8.15. The van der Waals surface area contributed by atoms with E-state index in [9.17, 15) is 0 Å². The highest BCUT2D eigenvalue weighted by atomic mass is 16.5. The second-order valence-electron chi connectivity index (χ2n) is 7.65. The van der Waals surface area contributed by atoms with Crippen molar-refractivity contribution in [3.63, 3.8) is 0 Å². The maximum absolute atomic E-state index is 5.20. The van der Waals surface area contributed by atoms with Gasteiger partial charge in [-0.3, -0.25) is 0 Å². The normalized spacial score (nSPS) is 24.9. The molecular weight excluding hydrogens is 234 g/mol. The van der Waals surface area contributed by atoms with Crippen molar-refractivity contribution in [2.45, 2.75) is 72.3 Å². The van der Waals surface area contributed by atoms with E-state index in [4.69, 9.17) is 4.74 Å². The van der Waals surface area contributed by atoms with Crippen LogP contribution in [0.15, 0.2) is 0 Å². The van der Waals surface area contributed by atoms with Crippen molar-refractivity contribution < 1.29 is 4.74 Å². The van der Waals surface area contributed by atoms with E-state index in [1.54, 1.807) is 7.11 Å². The molecule has 0 radical (unpaired) electrons. The van der Waals surface area contributed by atoms with Gasteiger partial charge in [0.05, 0.1) is 0 Å². The monoisotopic (exact) mass is 269 g/mol. The Morgan fingerprint density at radius 3 is 2.63 bits per heavy atom. The number of rotatable bonds is 8.